The van der Waals surface area contributed by atoms with Crippen LogP contribution in [-0.4, -0.2) is 32.0 Å². The summed E-state index contributed by atoms with van der Waals surface area (Å²) in [5, 5.41) is 11.1. The van der Waals surface area contributed by atoms with Crippen LogP contribution in [0.15, 0.2) is 6.33 Å². The molecule has 3 rings (SSSR count). The average molecular weight is 190 g/mol. The van der Waals surface area contributed by atoms with Crippen LogP contribution in [0.5, 0.6) is 0 Å². The number of rotatable bonds is 2. The minimum Gasteiger partial charge on any atom is -0.371 e. The van der Waals surface area contributed by atoms with Crippen molar-refractivity contribution in [2.45, 2.75) is 18.9 Å². The molecule has 2 heterocycles. The molecule has 0 spiro atoms. The van der Waals surface area contributed by atoms with Crippen molar-refractivity contribution in [2.75, 3.05) is 12.4 Å². The minimum absolute atomic E-state index is 0.500. The first kappa shape index (κ1) is 7.66. The number of nitrogens with one attached hydrogen (secondary N) is 1. The van der Waals surface area contributed by atoms with Gasteiger partial charge in [-0.25, -0.2) is 14.6 Å². The Morgan fingerprint density at radius 3 is 3.00 bits per heavy atom. The summed E-state index contributed by atoms with van der Waals surface area (Å²) in [5.74, 6) is 0.738. The Hall–Kier alpha value is -1.72. The summed E-state index contributed by atoms with van der Waals surface area (Å²) in [6, 6.07) is 0.500. The van der Waals surface area contributed by atoms with Crippen molar-refractivity contribution in [1.82, 2.24) is 25.0 Å². The van der Waals surface area contributed by atoms with E-state index in [0.717, 1.165) is 17.0 Å². The monoisotopic (exact) mass is 190 g/mol. The maximum Gasteiger partial charge on any atom is 0.184 e. The molecular formula is C8H10N6. The first-order valence-corrected chi connectivity index (χ1v) is 4.64. The molecule has 1 N–H and O–H groups in total. The van der Waals surface area contributed by atoms with E-state index < -0.39 is 0 Å². The van der Waals surface area contributed by atoms with Crippen LogP contribution in [0.2, 0.25) is 0 Å². The molecule has 1 saturated carbocycles. The molecule has 2 aromatic heterocycles. The van der Waals surface area contributed by atoms with Gasteiger partial charge in [0.15, 0.2) is 17.0 Å². The van der Waals surface area contributed by atoms with E-state index in [0.29, 0.717) is 6.04 Å². The second kappa shape index (κ2) is 2.63. The van der Waals surface area contributed by atoms with Crippen molar-refractivity contribution in [3.63, 3.8) is 0 Å². The number of hydrogen-bond donors (Lipinski definition) is 1. The van der Waals surface area contributed by atoms with Crippen LogP contribution in [0.1, 0.15) is 18.9 Å². The molecule has 14 heavy (non-hydrogen) atoms. The van der Waals surface area contributed by atoms with Gasteiger partial charge in [-0.15, -0.1) is 5.10 Å². The first-order valence-electron chi connectivity index (χ1n) is 4.64. The molecule has 0 atom stereocenters. The standard InChI is InChI=1S/C8H10N6/c1-9-7-6-8(11-4-10-7)14(13-12-6)5-2-3-5/h4-5H,2-3H2,1H3,(H,9,10,11). The minimum atomic E-state index is 0.500. The average Bonchev–Trinajstić information content (AvgIpc) is 2.97. The zero-order chi connectivity index (χ0) is 9.54. The number of nitrogens with zero attached hydrogens (tertiary/aromatic N) is 5. The van der Waals surface area contributed by atoms with Crippen molar-refractivity contribution in [3.05, 3.63) is 6.33 Å². The van der Waals surface area contributed by atoms with Gasteiger partial charge in [-0.1, -0.05) is 5.21 Å². The zero-order valence-corrected chi connectivity index (χ0v) is 7.80. The Kier molecular flexibility index (Phi) is 1.44. The second-order valence-electron chi connectivity index (χ2n) is 3.41. The lowest BCUT2D eigenvalue weighted by Gasteiger charge is -1.99. The lowest BCUT2D eigenvalue weighted by molar-refractivity contribution is 0.624. The highest BCUT2D eigenvalue weighted by molar-refractivity contribution is 5.81. The molecule has 0 amide bonds. The summed E-state index contributed by atoms with van der Waals surface area (Å²) in [6.45, 7) is 0. The summed E-state index contributed by atoms with van der Waals surface area (Å²) < 4.78 is 1.89. The second-order valence-corrected chi connectivity index (χ2v) is 3.41. The van der Waals surface area contributed by atoms with E-state index in [9.17, 15) is 0 Å². The molecule has 1 aliphatic rings. The molecule has 0 bridgehead atoms. The fourth-order valence-corrected chi connectivity index (χ4v) is 1.51. The van der Waals surface area contributed by atoms with Crippen molar-refractivity contribution in [1.29, 1.82) is 0 Å². The van der Waals surface area contributed by atoms with Gasteiger partial charge in [0.25, 0.3) is 0 Å². The highest BCUT2D eigenvalue weighted by Gasteiger charge is 2.27. The van der Waals surface area contributed by atoms with Gasteiger partial charge in [0.1, 0.15) is 6.33 Å². The normalized spacial score (nSPS) is 16.1. The van der Waals surface area contributed by atoms with Crippen molar-refractivity contribution >= 4 is 17.0 Å². The Morgan fingerprint density at radius 2 is 2.29 bits per heavy atom. The maximum atomic E-state index is 4.20. The van der Waals surface area contributed by atoms with E-state index in [4.69, 9.17) is 0 Å². The predicted octanol–water partition coefficient (Wildman–Crippen LogP) is 0.598. The third kappa shape index (κ3) is 0.966. The summed E-state index contributed by atoms with van der Waals surface area (Å²) in [7, 11) is 1.82. The lowest BCUT2D eigenvalue weighted by Crippen LogP contribution is -1.99. The number of aromatic nitrogens is 5. The van der Waals surface area contributed by atoms with E-state index in [2.05, 4.69) is 25.6 Å². The quantitative estimate of drug-likeness (QED) is 0.750. The van der Waals surface area contributed by atoms with Crippen LogP contribution in [0, 0.1) is 0 Å². The molecule has 1 aliphatic carbocycles. The van der Waals surface area contributed by atoms with Crippen molar-refractivity contribution in [2.24, 2.45) is 0 Å². The van der Waals surface area contributed by atoms with Crippen LogP contribution >= 0.6 is 0 Å². The molecule has 72 valence electrons. The number of hydrogen-bond acceptors (Lipinski definition) is 5. The van der Waals surface area contributed by atoms with E-state index in [1.165, 1.54) is 19.2 Å². The highest BCUT2D eigenvalue weighted by Crippen LogP contribution is 2.35. The molecule has 0 unspecified atom stereocenters. The molecule has 0 aliphatic heterocycles. The summed E-state index contributed by atoms with van der Waals surface area (Å²) in [6.07, 6.45) is 3.89. The molecular weight excluding hydrogens is 180 g/mol. The number of fused-ring (bicyclic) bond motifs is 1. The zero-order valence-electron chi connectivity index (χ0n) is 7.80. The fraction of sp³-hybridized carbons (Fsp3) is 0.500. The first-order chi connectivity index (χ1) is 6.90. The Morgan fingerprint density at radius 1 is 1.43 bits per heavy atom. The Labute approximate surface area is 80.4 Å². The van der Waals surface area contributed by atoms with Crippen molar-refractivity contribution in [3.8, 4) is 0 Å². The molecule has 0 aromatic carbocycles. The number of anilines is 1. The van der Waals surface area contributed by atoms with Crippen LogP contribution in [0.25, 0.3) is 11.2 Å². The van der Waals surface area contributed by atoms with Gasteiger partial charge in [-0.2, -0.15) is 0 Å². The van der Waals surface area contributed by atoms with Gasteiger partial charge in [0.05, 0.1) is 6.04 Å². The van der Waals surface area contributed by atoms with Gasteiger partial charge in [-0.05, 0) is 12.8 Å². The lowest BCUT2D eigenvalue weighted by atomic mass is 10.5. The van der Waals surface area contributed by atoms with Gasteiger partial charge >= 0.3 is 0 Å². The molecule has 1 fully saturated rings. The Balaban J connectivity index is 2.25. The van der Waals surface area contributed by atoms with Gasteiger partial charge in [0.2, 0.25) is 0 Å². The molecule has 6 nitrogen and oxygen atoms in total. The van der Waals surface area contributed by atoms with E-state index in [1.807, 2.05) is 11.7 Å². The smallest absolute Gasteiger partial charge is 0.184 e. The molecule has 0 radical (unpaired) electrons. The van der Waals surface area contributed by atoms with Gasteiger partial charge in [0, 0.05) is 7.05 Å². The summed E-state index contributed by atoms with van der Waals surface area (Å²) in [4.78, 5) is 8.28. The molecule has 6 heteroatoms. The predicted molar refractivity (Wildman–Crippen MR) is 50.9 cm³/mol. The summed E-state index contributed by atoms with van der Waals surface area (Å²) >= 11 is 0. The van der Waals surface area contributed by atoms with Crippen LogP contribution in [-0.2, 0) is 0 Å². The van der Waals surface area contributed by atoms with E-state index >= 15 is 0 Å². The van der Waals surface area contributed by atoms with Crippen LogP contribution in [0.3, 0.4) is 0 Å². The van der Waals surface area contributed by atoms with E-state index in [-0.39, 0.29) is 0 Å². The molecule has 2 aromatic rings. The maximum absolute atomic E-state index is 4.20. The van der Waals surface area contributed by atoms with Crippen LogP contribution in [0.4, 0.5) is 5.82 Å². The highest BCUT2D eigenvalue weighted by atomic mass is 15.5. The van der Waals surface area contributed by atoms with Crippen molar-refractivity contribution < 1.29 is 0 Å². The Bertz CT molecular complexity index is 472. The third-order valence-electron chi connectivity index (χ3n) is 2.39. The van der Waals surface area contributed by atoms with Crippen LogP contribution < -0.4 is 5.32 Å². The third-order valence-corrected chi connectivity index (χ3v) is 2.39. The largest absolute Gasteiger partial charge is 0.371 e. The summed E-state index contributed by atoms with van der Waals surface area (Å²) in [5.41, 5.74) is 1.58. The van der Waals surface area contributed by atoms with E-state index in [1.54, 1.807) is 0 Å². The topological polar surface area (TPSA) is 68.5 Å². The SMILES string of the molecule is CNc1ncnc2c1nnn2C1CC1. The molecule has 0 saturated heterocycles. The fourth-order valence-electron chi connectivity index (χ4n) is 1.51. The van der Waals surface area contributed by atoms with Gasteiger partial charge in [-0.3, -0.25) is 0 Å². The van der Waals surface area contributed by atoms with Gasteiger partial charge < -0.3 is 5.32 Å².